The minimum absolute atomic E-state index is 0. The van der Waals surface area contributed by atoms with Crippen LogP contribution in [0.2, 0.25) is 0 Å². The lowest BCUT2D eigenvalue weighted by molar-refractivity contribution is 0.490. The smallest absolute Gasteiger partial charge is 0.261 e. The zero-order valence-corrected chi connectivity index (χ0v) is 4.30. The molecule has 0 saturated carbocycles. The molecule has 48 valence electrons. The molecule has 6 heteroatoms. The van der Waals surface area contributed by atoms with Gasteiger partial charge in [0.25, 0.3) is 10.1 Å². The lowest BCUT2D eigenvalue weighted by Crippen LogP contribution is -1.88. The van der Waals surface area contributed by atoms with Crippen molar-refractivity contribution in [2.75, 3.05) is 6.26 Å². The van der Waals surface area contributed by atoms with Gasteiger partial charge in [0, 0.05) is 0 Å². The minimum atomic E-state index is -3.67. The van der Waals surface area contributed by atoms with Crippen molar-refractivity contribution < 1.29 is 22.4 Å². The van der Waals surface area contributed by atoms with Crippen molar-refractivity contribution in [1.29, 1.82) is 0 Å². The summed E-state index contributed by atoms with van der Waals surface area (Å²) in [5.41, 5.74) is 0. The van der Waals surface area contributed by atoms with Gasteiger partial charge in [-0.3, -0.25) is 14.0 Å². The van der Waals surface area contributed by atoms with Gasteiger partial charge < -0.3 is 0 Å². The summed E-state index contributed by atoms with van der Waals surface area (Å²) in [4.78, 5) is 0. The van der Waals surface area contributed by atoms with E-state index in [0.29, 0.717) is 6.26 Å². The Morgan fingerprint density at radius 3 is 1.29 bits per heavy atom. The quantitative estimate of drug-likeness (QED) is 0.469. The largest absolute Gasteiger partial charge is 0.286 e. The molecule has 0 amide bonds. The lowest BCUT2D eigenvalue weighted by Gasteiger charge is -1.69. The van der Waals surface area contributed by atoms with E-state index >= 15 is 0 Å². The molecule has 1 N–H and O–H groups in total. The van der Waals surface area contributed by atoms with Crippen molar-refractivity contribution in [3.8, 4) is 0 Å². The average Bonchev–Trinajstić information content (AvgIpc) is 0.722. The molecule has 0 saturated heterocycles. The van der Waals surface area contributed by atoms with Gasteiger partial charge in [-0.15, -0.1) is 0 Å². The van der Waals surface area contributed by atoms with Gasteiger partial charge >= 0.3 is 0 Å². The van der Waals surface area contributed by atoms with Gasteiger partial charge in [0.2, 0.25) is 0 Å². The van der Waals surface area contributed by atoms with E-state index in [4.69, 9.17) is 4.55 Å². The van der Waals surface area contributed by atoms with Crippen LogP contribution in [0.3, 0.4) is 0 Å². The summed E-state index contributed by atoms with van der Waals surface area (Å²) < 4.78 is 25.9. The Balaban J connectivity index is -0.0000000800. The van der Waals surface area contributed by atoms with Crippen LogP contribution in [0.25, 0.3) is 0 Å². The number of rotatable bonds is 0. The van der Waals surface area contributed by atoms with Gasteiger partial charge in [-0.25, -0.2) is 0 Å². The second-order valence-electron chi connectivity index (χ2n) is 0.733. The molecule has 0 bridgehead atoms. The number of hydrogen-bond acceptors (Lipinski definition) is 2. The van der Waals surface area contributed by atoms with E-state index in [1.807, 2.05) is 0 Å². The summed E-state index contributed by atoms with van der Waals surface area (Å²) in [5.74, 6) is 0. The Kier molecular flexibility index (Phi) is 8.93. The third-order valence-corrected chi connectivity index (χ3v) is 0. The molecule has 0 aromatic rings. The Bertz CT molecular complexity index is 96.1. The molecule has 3 nitrogen and oxygen atoms in total. The summed E-state index contributed by atoms with van der Waals surface area (Å²) in [6, 6.07) is 0. The Morgan fingerprint density at radius 1 is 1.29 bits per heavy atom. The summed E-state index contributed by atoms with van der Waals surface area (Å²) in [6.07, 6.45) is 0.715. The van der Waals surface area contributed by atoms with Crippen LogP contribution >= 0.6 is 0 Å². The van der Waals surface area contributed by atoms with E-state index in [1.54, 1.807) is 0 Å². The van der Waals surface area contributed by atoms with Crippen LogP contribution in [0.1, 0.15) is 0 Å². The van der Waals surface area contributed by atoms with Crippen molar-refractivity contribution >= 4 is 10.1 Å². The molecule has 0 spiro atoms. The fourth-order valence-electron chi connectivity index (χ4n) is 0. The highest BCUT2D eigenvalue weighted by molar-refractivity contribution is 7.85. The highest BCUT2D eigenvalue weighted by Crippen LogP contribution is 1.60. The first-order chi connectivity index (χ1) is 2.00. The Hall–Kier alpha value is -0.230. The van der Waals surface area contributed by atoms with Crippen molar-refractivity contribution in [3.63, 3.8) is 0 Å². The van der Waals surface area contributed by atoms with Crippen LogP contribution in [-0.2, 0) is 10.1 Å². The molecule has 0 rings (SSSR count). The Morgan fingerprint density at radius 2 is 1.29 bits per heavy atom. The van der Waals surface area contributed by atoms with Gasteiger partial charge in [-0.2, -0.15) is 8.42 Å². The van der Waals surface area contributed by atoms with E-state index in [9.17, 15) is 8.42 Å². The molecule has 0 heterocycles. The predicted octanol–water partition coefficient (Wildman–Crippen LogP) is -0.191. The summed E-state index contributed by atoms with van der Waals surface area (Å²) in [6.45, 7) is 0. The second-order valence-corrected chi connectivity index (χ2v) is 2.20. The molecule has 7 heavy (non-hydrogen) atoms. The molecule has 0 aliphatic heterocycles. The third-order valence-electron chi connectivity index (χ3n) is 0. The van der Waals surface area contributed by atoms with Crippen LogP contribution < -0.4 is 0 Å². The standard InChI is InChI=1S/CH4O3S.2FH/c1-5(2,3)4;;/h1H3,(H,2,3,4);2*1H. The highest BCUT2D eigenvalue weighted by Gasteiger charge is 1.81. The SMILES string of the molecule is CS(=O)(=O)O.F.F. The molecule has 0 fully saturated rings. The normalized spacial score (nSPS) is 8.29. The molecule has 0 radical (unpaired) electrons. The summed E-state index contributed by atoms with van der Waals surface area (Å²) >= 11 is 0. The fraction of sp³-hybridized carbons (Fsp3) is 1.00. The molecule has 0 aromatic carbocycles. The van der Waals surface area contributed by atoms with Gasteiger partial charge in [-0.1, -0.05) is 0 Å². The maximum atomic E-state index is 9.19. The van der Waals surface area contributed by atoms with E-state index in [2.05, 4.69) is 0 Å². The topological polar surface area (TPSA) is 54.4 Å². The maximum Gasteiger partial charge on any atom is 0.261 e. The van der Waals surface area contributed by atoms with Crippen LogP contribution in [0.15, 0.2) is 0 Å². The molecule has 0 unspecified atom stereocenters. The molecule has 0 aliphatic rings. The predicted molar refractivity (Wildman–Crippen MR) is 22.5 cm³/mol. The van der Waals surface area contributed by atoms with Crippen molar-refractivity contribution in [3.05, 3.63) is 0 Å². The van der Waals surface area contributed by atoms with Crippen molar-refractivity contribution in [2.24, 2.45) is 0 Å². The molecular formula is CH6F2O3S. The van der Waals surface area contributed by atoms with Crippen LogP contribution in [0, 0.1) is 0 Å². The van der Waals surface area contributed by atoms with Crippen molar-refractivity contribution in [1.82, 2.24) is 0 Å². The molecular weight excluding hydrogens is 130 g/mol. The first kappa shape index (κ1) is 15.9. The third kappa shape index (κ3) is 1550. The summed E-state index contributed by atoms with van der Waals surface area (Å²) in [7, 11) is -3.67. The van der Waals surface area contributed by atoms with E-state index in [-0.39, 0.29) is 9.41 Å². The van der Waals surface area contributed by atoms with E-state index in [1.165, 1.54) is 0 Å². The van der Waals surface area contributed by atoms with Gasteiger partial charge in [0.1, 0.15) is 0 Å². The lowest BCUT2D eigenvalue weighted by atomic mass is 12.0. The highest BCUT2D eigenvalue weighted by atomic mass is 32.2. The van der Waals surface area contributed by atoms with Crippen molar-refractivity contribution in [2.45, 2.75) is 0 Å². The first-order valence-electron chi connectivity index (χ1n) is 0.924. The van der Waals surface area contributed by atoms with Gasteiger partial charge in [0.05, 0.1) is 6.26 Å². The molecule has 0 atom stereocenters. The van der Waals surface area contributed by atoms with E-state index in [0.717, 1.165) is 0 Å². The monoisotopic (exact) mass is 136 g/mol. The summed E-state index contributed by atoms with van der Waals surface area (Å²) in [5, 5.41) is 0. The number of halogens is 2. The van der Waals surface area contributed by atoms with Crippen LogP contribution in [0.5, 0.6) is 0 Å². The minimum Gasteiger partial charge on any atom is -0.286 e. The van der Waals surface area contributed by atoms with Crippen LogP contribution in [0.4, 0.5) is 9.41 Å². The zero-order chi connectivity index (χ0) is 4.50. The van der Waals surface area contributed by atoms with Gasteiger partial charge in [0.15, 0.2) is 0 Å². The zero-order valence-electron chi connectivity index (χ0n) is 3.49. The average molecular weight is 136 g/mol. The van der Waals surface area contributed by atoms with Gasteiger partial charge in [-0.05, 0) is 0 Å². The fourth-order valence-corrected chi connectivity index (χ4v) is 0. The molecule has 0 aliphatic carbocycles. The van der Waals surface area contributed by atoms with E-state index < -0.39 is 10.1 Å². The number of hydrogen-bond donors (Lipinski definition) is 1. The molecule has 0 aromatic heterocycles. The second kappa shape index (κ2) is 3.94. The van der Waals surface area contributed by atoms with Crippen LogP contribution in [-0.4, -0.2) is 19.2 Å². The maximum absolute atomic E-state index is 9.19. The Labute approximate surface area is 39.8 Å². The first-order valence-corrected chi connectivity index (χ1v) is 2.77.